The number of hydrazine groups is 1. The van der Waals surface area contributed by atoms with Gasteiger partial charge in [-0.3, -0.25) is 0 Å². The zero-order valence-electron chi connectivity index (χ0n) is 27.9. The Morgan fingerprint density at radius 1 is 0.408 bits per heavy atom. The van der Waals surface area contributed by atoms with Gasteiger partial charge in [-0.15, -0.1) is 0 Å². The maximum atomic E-state index is 5.52. The van der Waals surface area contributed by atoms with Crippen molar-refractivity contribution in [2.45, 2.75) is 27.7 Å². The third-order valence-electron chi connectivity index (χ3n) is 7.98. The van der Waals surface area contributed by atoms with E-state index in [4.69, 9.17) is 29.0 Å². The molecule has 0 saturated carbocycles. The van der Waals surface area contributed by atoms with E-state index in [1.165, 1.54) is 0 Å². The van der Waals surface area contributed by atoms with E-state index in [0.29, 0.717) is 0 Å². The fourth-order valence-electron chi connectivity index (χ4n) is 5.62. The van der Waals surface area contributed by atoms with Crippen molar-refractivity contribution < 1.29 is 15.9 Å². The molecule has 0 aliphatic carbocycles. The number of rotatable bonds is 6. The molecule has 0 spiro atoms. The summed E-state index contributed by atoms with van der Waals surface area (Å²) in [5.74, 6) is 1.55. The normalized spacial score (nSPS) is 11.5. The molecule has 6 rings (SSSR count). The van der Waals surface area contributed by atoms with E-state index in [-0.39, 0.29) is 15.9 Å². The van der Waals surface area contributed by atoms with Crippen LogP contribution in [0.3, 0.4) is 0 Å². The molecule has 0 atom stereocenters. The summed E-state index contributed by atoms with van der Waals surface area (Å²) in [4.78, 5) is 11.0. The number of nitrogens with zero attached hydrogens (tertiary/aromatic N) is 4. The number of halogens is 2. The number of hydrogen-bond donors (Lipinski definition) is 0. The molecular weight excluding hydrogens is 738 g/mol. The molecule has 0 aliphatic heterocycles. The van der Waals surface area contributed by atoms with E-state index in [2.05, 4.69) is 171 Å². The summed E-state index contributed by atoms with van der Waals surface area (Å²) in [6.07, 6.45) is 0. The Labute approximate surface area is 306 Å². The number of aliphatic imine (C=N–C) groups is 2. The van der Waals surface area contributed by atoms with Crippen LogP contribution in [-0.4, -0.2) is 11.7 Å². The van der Waals surface area contributed by atoms with E-state index < -0.39 is 0 Å². The number of aryl methyl sites for hydroxylation is 4. The number of hydrogen-bond acceptors (Lipinski definition) is 2. The second-order valence-corrected chi connectivity index (χ2v) is 13.8. The van der Waals surface area contributed by atoms with E-state index in [1.54, 1.807) is 0 Å². The summed E-state index contributed by atoms with van der Waals surface area (Å²) in [5, 5.41) is 4.41. The molecule has 0 saturated heterocycles. The molecule has 4 nitrogen and oxygen atoms in total. The predicted molar refractivity (Wildman–Crippen MR) is 207 cm³/mol. The fourth-order valence-corrected chi connectivity index (χ4v) is 5.62. The number of anilines is 2. The zero-order chi connectivity index (χ0) is 34.6. The van der Waals surface area contributed by atoms with Gasteiger partial charge < -0.3 is 0 Å². The average Bonchev–Trinajstić information content (AvgIpc) is 3.13. The third kappa shape index (κ3) is 8.95. The Morgan fingerprint density at radius 3 is 0.959 bits per heavy atom. The van der Waals surface area contributed by atoms with Gasteiger partial charge in [0.2, 0.25) is 0 Å². The molecular formula is C42H38Cl2N4Pd. The average molecular weight is 776 g/mol. The van der Waals surface area contributed by atoms with Gasteiger partial charge in [-0.25, -0.2) is 20.0 Å². The molecule has 0 radical (unpaired) electrons. The van der Waals surface area contributed by atoms with Crippen molar-refractivity contribution in [3.8, 4) is 0 Å². The molecule has 0 heterocycles. The van der Waals surface area contributed by atoms with Crippen LogP contribution >= 0.6 is 19.1 Å². The predicted octanol–water partition coefficient (Wildman–Crippen LogP) is 12.1. The maximum absolute atomic E-state index is 5.52. The Morgan fingerprint density at radius 2 is 0.673 bits per heavy atom. The van der Waals surface area contributed by atoms with E-state index in [0.717, 1.165) is 67.8 Å². The Hall–Kier alpha value is -4.50. The van der Waals surface area contributed by atoms with Crippen molar-refractivity contribution in [1.82, 2.24) is 0 Å². The van der Waals surface area contributed by atoms with Crippen molar-refractivity contribution in [2.75, 3.05) is 10.0 Å². The van der Waals surface area contributed by atoms with Crippen LogP contribution in [0.4, 0.5) is 22.7 Å². The van der Waals surface area contributed by atoms with Gasteiger partial charge in [-0.1, -0.05) is 133 Å². The molecule has 6 aromatic rings. The molecule has 0 amide bonds. The zero-order valence-corrected chi connectivity index (χ0v) is 30.9. The first-order chi connectivity index (χ1) is 23.9. The van der Waals surface area contributed by atoms with Crippen LogP contribution in [0.5, 0.6) is 0 Å². The topological polar surface area (TPSA) is 31.2 Å². The van der Waals surface area contributed by atoms with Gasteiger partial charge in [0.1, 0.15) is 0 Å². The first-order valence-corrected chi connectivity index (χ1v) is 19.9. The monoisotopic (exact) mass is 774 g/mol. The van der Waals surface area contributed by atoms with Gasteiger partial charge in [0.25, 0.3) is 0 Å². The molecule has 0 bridgehead atoms. The van der Waals surface area contributed by atoms with Crippen LogP contribution in [0.1, 0.15) is 33.4 Å². The van der Waals surface area contributed by atoms with Crippen molar-refractivity contribution in [2.24, 2.45) is 9.98 Å². The third-order valence-corrected chi connectivity index (χ3v) is 7.98. The van der Waals surface area contributed by atoms with E-state index >= 15 is 0 Å². The van der Waals surface area contributed by atoms with Crippen LogP contribution in [0.25, 0.3) is 0 Å². The standard InChI is InChI=1S/C42H38N4.2ClH.Pd/c1-31-19-17-20-32(2)39(31)43-41(35-23-9-5-10-24-35)45(37-27-13-7-14-28-37)46(38-29-15-8-16-30-38)42(36-25-11-6-12-26-36)44-40-33(3)21-18-22-34(40)4;;;/h5-30H,1-4H3;2*1H;/q;;;+2/p-2. The van der Waals surface area contributed by atoms with Crippen molar-refractivity contribution >= 4 is 53.5 Å². The van der Waals surface area contributed by atoms with Crippen molar-refractivity contribution in [3.63, 3.8) is 0 Å². The van der Waals surface area contributed by atoms with Gasteiger partial charge in [0.05, 0.1) is 22.7 Å². The first-order valence-electron chi connectivity index (χ1n) is 15.9. The number of amidine groups is 2. The number of benzene rings is 6. The number of para-hydroxylation sites is 4. The quantitative estimate of drug-likeness (QED) is 0.0730. The summed E-state index contributed by atoms with van der Waals surface area (Å²) < 4.78 is 0. The van der Waals surface area contributed by atoms with Crippen LogP contribution in [0.15, 0.2) is 168 Å². The molecule has 0 fully saturated rings. The van der Waals surface area contributed by atoms with Gasteiger partial charge >= 0.3 is 35.0 Å². The Bertz CT molecular complexity index is 1810. The van der Waals surface area contributed by atoms with E-state index in [9.17, 15) is 0 Å². The molecule has 49 heavy (non-hydrogen) atoms. The van der Waals surface area contributed by atoms with Gasteiger partial charge in [0.15, 0.2) is 11.7 Å². The van der Waals surface area contributed by atoms with Crippen LogP contribution in [0.2, 0.25) is 0 Å². The van der Waals surface area contributed by atoms with Crippen molar-refractivity contribution in [1.29, 1.82) is 0 Å². The van der Waals surface area contributed by atoms with Crippen molar-refractivity contribution in [3.05, 3.63) is 191 Å². The Kier molecular flexibility index (Phi) is 13.0. The molecule has 0 aromatic heterocycles. The summed E-state index contributed by atoms with van der Waals surface area (Å²) in [7, 11) is 9.63. The molecule has 7 heteroatoms. The fraction of sp³-hybridized carbons (Fsp3) is 0.0952. The SMILES string of the molecule is Cc1cccc(C)c1N=C(c1ccccc1)N(c1ccccc1)N(C(=Nc1c(C)cccc1C)c1ccccc1)c1ccccc1.[Cl][Pd][Cl]. The minimum atomic E-state index is -0.106. The molecule has 6 aromatic carbocycles. The van der Waals surface area contributed by atoms with E-state index in [1.807, 2.05) is 24.3 Å². The van der Waals surface area contributed by atoms with Crippen LogP contribution < -0.4 is 10.0 Å². The first kappa shape index (κ1) is 35.8. The summed E-state index contributed by atoms with van der Waals surface area (Å²) in [6, 6.07) is 54.3. The second-order valence-electron chi connectivity index (χ2n) is 11.4. The van der Waals surface area contributed by atoms with Gasteiger partial charge in [-0.05, 0) is 74.2 Å². The molecule has 250 valence electrons. The Balaban J connectivity index is 0.00000151. The summed E-state index contributed by atoms with van der Waals surface area (Å²) >= 11 is -0.106. The second kappa shape index (κ2) is 17.8. The van der Waals surface area contributed by atoms with Gasteiger partial charge in [0, 0.05) is 11.1 Å². The van der Waals surface area contributed by atoms with Crippen LogP contribution in [-0.2, 0) is 15.9 Å². The summed E-state index contributed by atoms with van der Waals surface area (Å²) in [6.45, 7) is 8.48. The molecule has 0 aliphatic rings. The molecule has 0 unspecified atom stereocenters. The van der Waals surface area contributed by atoms with Crippen LogP contribution in [0, 0.1) is 27.7 Å². The minimum absolute atomic E-state index is 0.106. The molecule has 0 N–H and O–H groups in total. The summed E-state index contributed by atoms with van der Waals surface area (Å²) in [5.41, 5.74) is 10.2. The van der Waals surface area contributed by atoms with Gasteiger partial charge in [-0.2, -0.15) is 0 Å².